The molecular formula is C6H4Br3O2P. The predicted molar refractivity (Wildman–Crippen MR) is 60.2 cm³/mol. The van der Waals surface area contributed by atoms with E-state index < -0.39 is 4.77 Å². The van der Waals surface area contributed by atoms with Crippen LogP contribution in [-0.2, 0) is 4.57 Å². The average molecular weight is 379 g/mol. The van der Waals surface area contributed by atoms with Crippen molar-refractivity contribution in [3.8, 4) is 5.75 Å². The zero-order valence-electron chi connectivity index (χ0n) is 5.71. The Morgan fingerprint density at radius 1 is 1.25 bits per heavy atom. The van der Waals surface area contributed by atoms with Crippen molar-refractivity contribution in [3.63, 3.8) is 0 Å². The molecule has 0 saturated carbocycles. The second-order valence-corrected chi connectivity index (χ2v) is 12.3. The summed E-state index contributed by atoms with van der Waals surface area (Å²) in [6.45, 7) is 0. The molecule has 0 atom stereocenters. The quantitative estimate of drug-likeness (QED) is 0.696. The highest BCUT2D eigenvalue weighted by Gasteiger charge is 2.15. The predicted octanol–water partition coefficient (Wildman–Crippen LogP) is 4.73. The van der Waals surface area contributed by atoms with Crippen molar-refractivity contribution < 1.29 is 9.09 Å². The van der Waals surface area contributed by atoms with Gasteiger partial charge in [0.25, 0.3) is 0 Å². The minimum atomic E-state index is -2.82. The second-order valence-electron chi connectivity index (χ2n) is 1.94. The fraction of sp³-hybridized carbons (Fsp3) is 0. The number of rotatable bonds is 2. The molecule has 0 aromatic heterocycles. The lowest BCUT2D eigenvalue weighted by molar-refractivity contribution is 0.516. The molecule has 0 spiro atoms. The Balaban J connectivity index is 2.90. The van der Waals surface area contributed by atoms with Gasteiger partial charge in [-0.3, -0.25) is 4.57 Å². The van der Waals surface area contributed by atoms with Crippen LogP contribution in [0.15, 0.2) is 28.7 Å². The van der Waals surface area contributed by atoms with E-state index in [0.717, 1.165) is 4.47 Å². The van der Waals surface area contributed by atoms with Gasteiger partial charge in [0.2, 0.25) is 0 Å². The van der Waals surface area contributed by atoms with Crippen LogP contribution in [0, 0.1) is 0 Å². The van der Waals surface area contributed by atoms with Gasteiger partial charge in [0.1, 0.15) is 5.75 Å². The van der Waals surface area contributed by atoms with Crippen molar-refractivity contribution in [2.45, 2.75) is 0 Å². The van der Waals surface area contributed by atoms with E-state index in [0.29, 0.717) is 5.75 Å². The number of para-hydroxylation sites is 1. The summed E-state index contributed by atoms with van der Waals surface area (Å²) in [7, 11) is 0. The summed E-state index contributed by atoms with van der Waals surface area (Å²) in [5, 5.41) is 0. The first-order valence-corrected chi connectivity index (χ1v) is 9.38. The van der Waals surface area contributed by atoms with Gasteiger partial charge >= 0.3 is 4.77 Å². The van der Waals surface area contributed by atoms with E-state index >= 15 is 0 Å². The third-order valence-electron chi connectivity index (χ3n) is 1.04. The molecule has 0 radical (unpaired) electrons. The molecule has 0 aliphatic heterocycles. The topological polar surface area (TPSA) is 26.3 Å². The highest BCUT2D eigenvalue weighted by molar-refractivity contribution is 9.70. The van der Waals surface area contributed by atoms with Crippen LogP contribution in [-0.4, -0.2) is 0 Å². The lowest BCUT2D eigenvalue weighted by atomic mass is 10.3. The standard InChI is InChI=1S/C6H4Br3O2P/c7-5-3-1-2-4-6(5)11-12(8,9)10/h1-4H. The van der Waals surface area contributed by atoms with E-state index in [1.807, 2.05) is 12.1 Å². The molecule has 0 N–H and O–H groups in total. The number of hydrogen-bond acceptors (Lipinski definition) is 2. The summed E-state index contributed by atoms with van der Waals surface area (Å²) in [4.78, 5) is 0. The summed E-state index contributed by atoms with van der Waals surface area (Å²) in [6.07, 6.45) is 0. The fourth-order valence-electron chi connectivity index (χ4n) is 0.633. The van der Waals surface area contributed by atoms with Gasteiger partial charge in [-0.05, 0) is 28.1 Å². The molecule has 1 aromatic carbocycles. The first-order chi connectivity index (χ1) is 5.49. The van der Waals surface area contributed by atoms with Crippen molar-refractivity contribution in [3.05, 3.63) is 28.7 Å². The molecule has 0 bridgehead atoms. The molecule has 6 heteroatoms. The van der Waals surface area contributed by atoms with Gasteiger partial charge in [-0.15, -0.1) is 0 Å². The van der Waals surface area contributed by atoms with Crippen molar-refractivity contribution in [2.75, 3.05) is 0 Å². The second kappa shape index (κ2) is 4.27. The molecule has 1 aromatic rings. The molecule has 12 heavy (non-hydrogen) atoms. The van der Waals surface area contributed by atoms with Gasteiger partial charge in [-0.25, -0.2) is 0 Å². The zero-order valence-corrected chi connectivity index (χ0v) is 11.4. The molecule has 0 heterocycles. The fourth-order valence-corrected chi connectivity index (χ4v) is 2.45. The van der Waals surface area contributed by atoms with Gasteiger partial charge in [-0.2, -0.15) is 0 Å². The zero-order chi connectivity index (χ0) is 9.19. The van der Waals surface area contributed by atoms with Gasteiger partial charge in [0.05, 0.1) is 4.47 Å². The molecule has 0 unspecified atom stereocenters. The minimum absolute atomic E-state index is 0.537. The first-order valence-electron chi connectivity index (χ1n) is 2.92. The van der Waals surface area contributed by atoms with Crippen LogP contribution in [0.1, 0.15) is 0 Å². The molecule has 0 aliphatic rings. The Hall–Kier alpha value is 0.690. The van der Waals surface area contributed by atoms with Gasteiger partial charge in [0.15, 0.2) is 0 Å². The SMILES string of the molecule is O=P(Br)(Br)Oc1ccccc1Br. The highest BCUT2D eigenvalue weighted by Crippen LogP contribution is 2.62. The third kappa shape index (κ3) is 3.60. The molecule has 0 saturated heterocycles. The molecule has 66 valence electrons. The Morgan fingerprint density at radius 3 is 2.33 bits per heavy atom. The van der Waals surface area contributed by atoms with E-state index in [2.05, 4.69) is 46.9 Å². The van der Waals surface area contributed by atoms with Crippen LogP contribution < -0.4 is 4.52 Å². The van der Waals surface area contributed by atoms with Crippen LogP contribution in [0.2, 0.25) is 0 Å². The smallest absolute Gasteiger partial charge is 0.374 e. The number of hydrogen-bond donors (Lipinski definition) is 0. The summed E-state index contributed by atoms with van der Waals surface area (Å²) < 4.78 is 14.1. The van der Waals surface area contributed by atoms with E-state index in [9.17, 15) is 4.57 Å². The van der Waals surface area contributed by atoms with E-state index in [4.69, 9.17) is 4.52 Å². The van der Waals surface area contributed by atoms with Gasteiger partial charge < -0.3 is 4.52 Å². The maximum atomic E-state index is 11.1. The number of benzene rings is 1. The van der Waals surface area contributed by atoms with Crippen LogP contribution in [0.4, 0.5) is 0 Å². The normalized spacial score (nSPS) is 11.2. The van der Waals surface area contributed by atoms with Crippen LogP contribution in [0.5, 0.6) is 5.75 Å². The van der Waals surface area contributed by atoms with Gasteiger partial charge in [0, 0.05) is 31.0 Å². The summed E-state index contributed by atoms with van der Waals surface area (Å²) in [5.41, 5.74) is 0. The van der Waals surface area contributed by atoms with Crippen LogP contribution in [0.3, 0.4) is 0 Å². The summed E-state index contributed by atoms with van der Waals surface area (Å²) >= 11 is 9.02. The van der Waals surface area contributed by atoms with E-state index in [-0.39, 0.29) is 0 Å². The third-order valence-corrected chi connectivity index (χ3v) is 2.97. The van der Waals surface area contributed by atoms with Crippen molar-refractivity contribution in [1.82, 2.24) is 0 Å². The molecule has 0 aliphatic carbocycles. The number of halogens is 3. The lowest BCUT2D eigenvalue weighted by Crippen LogP contribution is -1.81. The van der Waals surface area contributed by atoms with Crippen LogP contribution >= 0.6 is 51.7 Å². The molecule has 2 nitrogen and oxygen atoms in total. The molecule has 0 amide bonds. The van der Waals surface area contributed by atoms with E-state index in [1.54, 1.807) is 12.1 Å². The summed E-state index contributed by atoms with van der Waals surface area (Å²) in [6, 6.07) is 7.18. The van der Waals surface area contributed by atoms with Crippen molar-refractivity contribution in [1.29, 1.82) is 0 Å². The maximum absolute atomic E-state index is 11.1. The first kappa shape index (κ1) is 10.8. The highest BCUT2D eigenvalue weighted by atomic mass is 79.9. The van der Waals surface area contributed by atoms with Crippen molar-refractivity contribution in [2.24, 2.45) is 0 Å². The lowest BCUT2D eigenvalue weighted by Gasteiger charge is -2.07. The Morgan fingerprint density at radius 2 is 1.83 bits per heavy atom. The molecule has 1 rings (SSSR count). The monoisotopic (exact) mass is 376 g/mol. The molecule has 0 fully saturated rings. The van der Waals surface area contributed by atoms with E-state index in [1.165, 1.54) is 0 Å². The minimum Gasteiger partial charge on any atom is -0.427 e. The maximum Gasteiger partial charge on any atom is 0.374 e. The Labute approximate surface area is 94.7 Å². The van der Waals surface area contributed by atoms with Gasteiger partial charge in [-0.1, -0.05) is 12.1 Å². The average Bonchev–Trinajstić information content (AvgIpc) is 1.91. The Bertz CT molecular complexity index is 322. The van der Waals surface area contributed by atoms with Crippen LogP contribution in [0.25, 0.3) is 0 Å². The molecular weight excluding hydrogens is 375 g/mol. The van der Waals surface area contributed by atoms with Crippen molar-refractivity contribution >= 4 is 51.7 Å². The Kier molecular flexibility index (Phi) is 3.83. The largest absolute Gasteiger partial charge is 0.427 e. The summed E-state index contributed by atoms with van der Waals surface area (Å²) in [5.74, 6) is 0.537.